The molecule has 0 heterocycles. The van der Waals surface area contributed by atoms with Crippen molar-refractivity contribution in [1.82, 2.24) is 5.32 Å². The molecule has 1 saturated carbocycles. The third kappa shape index (κ3) is 3.70. The molecule has 1 fully saturated rings. The fraction of sp³-hybridized carbons (Fsp3) is 0.278. The summed E-state index contributed by atoms with van der Waals surface area (Å²) in [5.74, 6) is 0.532. The number of nitrogens with two attached hydrogens (primary N) is 1. The molecule has 0 aromatic heterocycles. The van der Waals surface area contributed by atoms with Crippen LogP contribution in [0.25, 0.3) is 0 Å². The van der Waals surface area contributed by atoms with E-state index in [4.69, 9.17) is 5.73 Å². The third-order valence-corrected chi connectivity index (χ3v) is 4.95. The summed E-state index contributed by atoms with van der Waals surface area (Å²) in [5.41, 5.74) is 6.50. The molecule has 0 bridgehead atoms. The first-order valence-corrected chi connectivity index (χ1v) is 8.42. The first-order chi connectivity index (χ1) is 10.8. The van der Waals surface area contributed by atoms with E-state index < -0.39 is 0 Å². The number of hydrogen-bond acceptors (Lipinski definition) is 3. The van der Waals surface area contributed by atoms with E-state index in [1.807, 2.05) is 54.6 Å². The van der Waals surface area contributed by atoms with Crippen LogP contribution in [0.5, 0.6) is 0 Å². The van der Waals surface area contributed by atoms with Crippen LogP contribution in [-0.2, 0) is 0 Å². The summed E-state index contributed by atoms with van der Waals surface area (Å²) in [7, 11) is 0. The molecule has 1 aliphatic carbocycles. The molecule has 0 radical (unpaired) electrons. The molecule has 3 rings (SSSR count). The second kappa shape index (κ2) is 6.99. The predicted octanol–water partition coefficient (Wildman–Crippen LogP) is 3.30. The minimum absolute atomic E-state index is 0.0265. The van der Waals surface area contributed by atoms with Crippen LogP contribution in [0.1, 0.15) is 23.2 Å². The Balaban J connectivity index is 1.76. The van der Waals surface area contributed by atoms with Crippen molar-refractivity contribution >= 4 is 17.7 Å². The number of nitrogens with one attached hydrogen (secondary N) is 1. The summed E-state index contributed by atoms with van der Waals surface area (Å²) in [6.07, 6.45) is 2.34. The van der Waals surface area contributed by atoms with Gasteiger partial charge in [-0.1, -0.05) is 42.1 Å². The van der Waals surface area contributed by atoms with Gasteiger partial charge in [0.1, 0.15) is 0 Å². The SMILES string of the molecule is NCC(NC(=O)c1ccccc1Sc1ccccc1)C1CC1. The minimum atomic E-state index is -0.0265. The average molecular weight is 312 g/mol. The van der Waals surface area contributed by atoms with E-state index in [9.17, 15) is 4.79 Å². The van der Waals surface area contributed by atoms with E-state index in [-0.39, 0.29) is 11.9 Å². The molecule has 0 spiro atoms. The molecule has 114 valence electrons. The van der Waals surface area contributed by atoms with Crippen molar-refractivity contribution < 1.29 is 4.79 Å². The fourth-order valence-electron chi connectivity index (χ4n) is 2.47. The van der Waals surface area contributed by atoms with Crippen LogP contribution in [0, 0.1) is 5.92 Å². The molecule has 3 nitrogen and oxygen atoms in total. The van der Waals surface area contributed by atoms with Crippen LogP contribution in [0.15, 0.2) is 64.4 Å². The first kappa shape index (κ1) is 15.1. The lowest BCUT2D eigenvalue weighted by Gasteiger charge is -2.17. The van der Waals surface area contributed by atoms with Gasteiger partial charge in [0.05, 0.1) is 5.56 Å². The topological polar surface area (TPSA) is 55.1 Å². The van der Waals surface area contributed by atoms with Gasteiger partial charge < -0.3 is 11.1 Å². The van der Waals surface area contributed by atoms with Gasteiger partial charge in [-0.15, -0.1) is 0 Å². The van der Waals surface area contributed by atoms with E-state index in [2.05, 4.69) is 5.32 Å². The zero-order valence-electron chi connectivity index (χ0n) is 12.4. The number of rotatable bonds is 6. The van der Waals surface area contributed by atoms with Crippen LogP contribution < -0.4 is 11.1 Å². The summed E-state index contributed by atoms with van der Waals surface area (Å²) in [6.45, 7) is 0.504. The molecule has 4 heteroatoms. The molecule has 1 unspecified atom stereocenters. The van der Waals surface area contributed by atoms with Crippen LogP contribution in [0.2, 0.25) is 0 Å². The highest BCUT2D eigenvalue weighted by atomic mass is 32.2. The number of carbonyl (C=O) groups is 1. The Bertz CT molecular complexity index is 641. The molecule has 1 aliphatic rings. The number of carbonyl (C=O) groups excluding carboxylic acids is 1. The number of amides is 1. The number of benzene rings is 2. The van der Waals surface area contributed by atoms with Gasteiger partial charge in [0, 0.05) is 22.4 Å². The lowest BCUT2D eigenvalue weighted by atomic mass is 10.1. The largest absolute Gasteiger partial charge is 0.348 e. The van der Waals surface area contributed by atoms with E-state index >= 15 is 0 Å². The van der Waals surface area contributed by atoms with Crippen molar-refractivity contribution in [2.24, 2.45) is 11.7 Å². The van der Waals surface area contributed by atoms with Crippen molar-refractivity contribution in [2.75, 3.05) is 6.54 Å². The van der Waals surface area contributed by atoms with Crippen molar-refractivity contribution in [3.63, 3.8) is 0 Å². The fourth-order valence-corrected chi connectivity index (χ4v) is 3.44. The van der Waals surface area contributed by atoms with Gasteiger partial charge in [0.15, 0.2) is 0 Å². The Morgan fingerprint density at radius 2 is 1.82 bits per heavy atom. The van der Waals surface area contributed by atoms with Gasteiger partial charge in [-0.2, -0.15) is 0 Å². The van der Waals surface area contributed by atoms with Gasteiger partial charge in [0.25, 0.3) is 5.91 Å². The van der Waals surface area contributed by atoms with Crippen molar-refractivity contribution in [3.8, 4) is 0 Å². The van der Waals surface area contributed by atoms with Gasteiger partial charge in [0.2, 0.25) is 0 Å². The normalized spacial score (nSPS) is 15.3. The van der Waals surface area contributed by atoms with Crippen LogP contribution in [0.4, 0.5) is 0 Å². The highest BCUT2D eigenvalue weighted by Gasteiger charge is 2.31. The summed E-state index contributed by atoms with van der Waals surface area (Å²) >= 11 is 1.61. The molecule has 2 aromatic carbocycles. The predicted molar refractivity (Wildman–Crippen MR) is 90.0 cm³/mol. The lowest BCUT2D eigenvalue weighted by Crippen LogP contribution is -2.41. The molecular formula is C18H20N2OS. The first-order valence-electron chi connectivity index (χ1n) is 7.61. The van der Waals surface area contributed by atoms with Crippen molar-refractivity contribution in [1.29, 1.82) is 0 Å². The summed E-state index contributed by atoms with van der Waals surface area (Å²) in [4.78, 5) is 14.7. The zero-order valence-corrected chi connectivity index (χ0v) is 13.2. The molecule has 2 aromatic rings. The lowest BCUT2D eigenvalue weighted by molar-refractivity contribution is 0.0930. The Labute approximate surface area is 135 Å². The maximum atomic E-state index is 12.6. The highest BCUT2D eigenvalue weighted by Crippen LogP contribution is 2.33. The summed E-state index contributed by atoms with van der Waals surface area (Å²) in [5, 5.41) is 3.09. The second-order valence-corrected chi connectivity index (χ2v) is 6.68. The van der Waals surface area contributed by atoms with Crippen LogP contribution >= 0.6 is 11.8 Å². The maximum Gasteiger partial charge on any atom is 0.252 e. The molecule has 1 amide bonds. The molecule has 0 aliphatic heterocycles. The minimum Gasteiger partial charge on any atom is -0.348 e. The average Bonchev–Trinajstić information content (AvgIpc) is 3.39. The molecule has 1 atom stereocenters. The zero-order chi connectivity index (χ0) is 15.4. The molecular weight excluding hydrogens is 292 g/mol. The summed E-state index contributed by atoms with van der Waals surface area (Å²) in [6, 6.07) is 17.9. The molecule has 3 N–H and O–H groups in total. The van der Waals surface area contributed by atoms with Crippen molar-refractivity contribution in [3.05, 3.63) is 60.2 Å². The van der Waals surface area contributed by atoms with Gasteiger partial charge in [-0.25, -0.2) is 0 Å². The van der Waals surface area contributed by atoms with Gasteiger partial charge in [-0.05, 0) is 43.0 Å². The maximum absolute atomic E-state index is 12.6. The smallest absolute Gasteiger partial charge is 0.252 e. The third-order valence-electron chi connectivity index (χ3n) is 3.86. The van der Waals surface area contributed by atoms with E-state index in [0.717, 1.165) is 15.4 Å². The van der Waals surface area contributed by atoms with Gasteiger partial charge >= 0.3 is 0 Å². The monoisotopic (exact) mass is 312 g/mol. The number of hydrogen-bond donors (Lipinski definition) is 2. The van der Waals surface area contributed by atoms with Gasteiger partial charge in [-0.3, -0.25) is 4.79 Å². The van der Waals surface area contributed by atoms with Crippen LogP contribution in [0.3, 0.4) is 0 Å². The van der Waals surface area contributed by atoms with Crippen LogP contribution in [-0.4, -0.2) is 18.5 Å². The molecule has 0 saturated heterocycles. The second-order valence-electron chi connectivity index (χ2n) is 5.56. The quantitative estimate of drug-likeness (QED) is 0.860. The highest BCUT2D eigenvalue weighted by molar-refractivity contribution is 7.99. The Kier molecular flexibility index (Phi) is 4.80. The molecule has 22 heavy (non-hydrogen) atoms. The van der Waals surface area contributed by atoms with Crippen molar-refractivity contribution in [2.45, 2.75) is 28.7 Å². The Morgan fingerprint density at radius 1 is 1.14 bits per heavy atom. The van der Waals surface area contributed by atoms with E-state index in [1.54, 1.807) is 11.8 Å². The van der Waals surface area contributed by atoms with E-state index in [0.29, 0.717) is 12.5 Å². The Morgan fingerprint density at radius 3 is 2.50 bits per heavy atom. The summed E-state index contributed by atoms with van der Waals surface area (Å²) < 4.78 is 0. The standard InChI is InChI=1S/C18H20N2OS/c19-12-16(13-10-11-13)20-18(21)15-8-4-5-9-17(15)22-14-6-2-1-3-7-14/h1-9,13,16H,10-12,19H2,(H,20,21). The van der Waals surface area contributed by atoms with E-state index in [1.165, 1.54) is 12.8 Å². The Hall–Kier alpha value is -1.78.